The van der Waals surface area contributed by atoms with Crippen molar-refractivity contribution < 1.29 is 18.0 Å². The van der Waals surface area contributed by atoms with Crippen molar-refractivity contribution in [2.45, 2.75) is 32.9 Å². The van der Waals surface area contributed by atoms with Crippen LogP contribution in [-0.2, 0) is 6.18 Å². The first-order chi connectivity index (χ1) is 9.81. The van der Waals surface area contributed by atoms with Gasteiger partial charge in [-0.1, -0.05) is 13.8 Å². The molecule has 0 fully saturated rings. The molecule has 0 atom stereocenters. The molecule has 0 saturated carbocycles. The standard InChI is InChI=1S/C15H21F3N2O/c1-4-8-19-13-7-6-11(10-12(13)15(16,17)18)14(21)20(3)9-5-2/h6-7,10,19H,4-5,8-9H2,1-3H3. The van der Waals surface area contributed by atoms with E-state index >= 15 is 0 Å². The summed E-state index contributed by atoms with van der Waals surface area (Å²) in [4.78, 5) is 13.5. The highest BCUT2D eigenvalue weighted by molar-refractivity contribution is 5.94. The lowest BCUT2D eigenvalue weighted by Gasteiger charge is -2.19. The van der Waals surface area contributed by atoms with Crippen molar-refractivity contribution in [3.63, 3.8) is 0 Å². The van der Waals surface area contributed by atoms with E-state index < -0.39 is 17.6 Å². The molecule has 0 aliphatic rings. The van der Waals surface area contributed by atoms with Crippen molar-refractivity contribution in [2.75, 3.05) is 25.5 Å². The molecule has 0 aliphatic heterocycles. The van der Waals surface area contributed by atoms with Crippen molar-refractivity contribution >= 4 is 11.6 Å². The highest BCUT2D eigenvalue weighted by atomic mass is 19.4. The van der Waals surface area contributed by atoms with E-state index in [9.17, 15) is 18.0 Å². The van der Waals surface area contributed by atoms with Gasteiger partial charge in [0.2, 0.25) is 0 Å². The van der Waals surface area contributed by atoms with E-state index in [1.54, 1.807) is 7.05 Å². The first-order valence-electron chi connectivity index (χ1n) is 7.01. The molecule has 0 aliphatic carbocycles. The number of nitrogens with one attached hydrogen (secondary N) is 1. The third-order valence-electron chi connectivity index (χ3n) is 3.04. The molecule has 1 rings (SSSR count). The van der Waals surface area contributed by atoms with E-state index in [1.807, 2.05) is 13.8 Å². The minimum Gasteiger partial charge on any atom is -0.385 e. The fraction of sp³-hybridized carbons (Fsp3) is 0.533. The fourth-order valence-corrected chi connectivity index (χ4v) is 1.98. The molecule has 0 aromatic heterocycles. The average Bonchev–Trinajstić information content (AvgIpc) is 2.43. The number of hydrogen-bond acceptors (Lipinski definition) is 2. The molecule has 0 radical (unpaired) electrons. The van der Waals surface area contributed by atoms with E-state index in [0.29, 0.717) is 13.1 Å². The van der Waals surface area contributed by atoms with Gasteiger partial charge in [-0.3, -0.25) is 4.79 Å². The maximum Gasteiger partial charge on any atom is 0.418 e. The monoisotopic (exact) mass is 302 g/mol. The largest absolute Gasteiger partial charge is 0.418 e. The molecule has 3 nitrogen and oxygen atoms in total. The fourth-order valence-electron chi connectivity index (χ4n) is 1.98. The number of halogens is 3. The Balaban J connectivity index is 3.12. The smallest absolute Gasteiger partial charge is 0.385 e. The van der Waals surface area contributed by atoms with Crippen LogP contribution in [0, 0.1) is 0 Å². The minimum atomic E-state index is -4.49. The molecule has 0 heterocycles. The van der Waals surface area contributed by atoms with Crippen LogP contribution in [0.4, 0.5) is 18.9 Å². The van der Waals surface area contributed by atoms with Gasteiger partial charge in [-0.2, -0.15) is 13.2 Å². The van der Waals surface area contributed by atoms with Crippen LogP contribution in [0.5, 0.6) is 0 Å². The van der Waals surface area contributed by atoms with Gasteiger partial charge in [-0.05, 0) is 31.0 Å². The molecular formula is C15H21F3N2O. The van der Waals surface area contributed by atoms with Crippen LogP contribution in [0.3, 0.4) is 0 Å². The Kier molecular flexibility index (Phi) is 6.05. The maximum atomic E-state index is 13.1. The first kappa shape index (κ1) is 17.3. The number of hydrogen-bond donors (Lipinski definition) is 1. The van der Waals surface area contributed by atoms with Crippen molar-refractivity contribution in [1.29, 1.82) is 0 Å². The number of benzene rings is 1. The highest BCUT2D eigenvalue weighted by Crippen LogP contribution is 2.35. The molecule has 0 unspecified atom stereocenters. The molecule has 1 aromatic carbocycles. The van der Waals surface area contributed by atoms with Crippen LogP contribution in [-0.4, -0.2) is 30.9 Å². The van der Waals surface area contributed by atoms with E-state index in [2.05, 4.69) is 5.32 Å². The normalized spacial score (nSPS) is 11.3. The first-order valence-corrected chi connectivity index (χ1v) is 7.01. The number of alkyl halides is 3. The van der Waals surface area contributed by atoms with Gasteiger partial charge in [-0.25, -0.2) is 0 Å². The summed E-state index contributed by atoms with van der Waals surface area (Å²) in [6, 6.07) is 3.68. The van der Waals surface area contributed by atoms with Gasteiger partial charge in [0.1, 0.15) is 0 Å². The molecular weight excluding hydrogens is 281 g/mol. The van der Waals surface area contributed by atoms with Crippen LogP contribution in [0.2, 0.25) is 0 Å². The van der Waals surface area contributed by atoms with Gasteiger partial charge >= 0.3 is 6.18 Å². The van der Waals surface area contributed by atoms with Gasteiger partial charge in [-0.15, -0.1) is 0 Å². The number of rotatable bonds is 6. The van der Waals surface area contributed by atoms with E-state index in [0.717, 1.165) is 18.9 Å². The third kappa shape index (κ3) is 4.65. The topological polar surface area (TPSA) is 32.3 Å². The van der Waals surface area contributed by atoms with E-state index in [-0.39, 0.29) is 11.3 Å². The molecule has 1 aromatic rings. The molecule has 1 N–H and O–H groups in total. The van der Waals surface area contributed by atoms with Crippen molar-refractivity contribution in [3.8, 4) is 0 Å². The number of anilines is 1. The lowest BCUT2D eigenvalue weighted by molar-refractivity contribution is -0.137. The van der Waals surface area contributed by atoms with Crippen LogP contribution in [0.1, 0.15) is 42.6 Å². The summed E-state index contributed by atoms with van der Waals surface area (Å²) in [5.41, 5.74) is -0.730. The summed E-state index contributed by atoms with van der Waals surface area (Å²) >= 11 is 0. The Bertz CT molecular complexity index is 486. The third-order valence-corrected chi connectivity index (χ3v) is 3.04. The Morgan fingerprint density at radius 2 is 1.90 bits per heavy atom. The molecule has 0 bridgehead atoms. The molecule has 6 heteroatoms. The van der Waals surface area contributed by atoms with Crippen LogP contribution in [0.15, 0.2) is 18.2 Å². The SMILES string of the molecule is CCCNc1ccc(C(=O)N(C)CCC)cc1C(F)(F)F. The van der Waals surface area contributed by atoms with Gasteiger partial charge in [0.25, 0.3) is 5.91 Å². The van der Waals surface area contributed by atoms with E-state index in [4.69, 9.17) is 0 Å². The van der Waals surface area contributed by atoms with Gasteiger partial charge in [0.05, 0.1) is 5.56 Å². The van der Waals surface area contributed by atoms with Crippen molar-refractivity contribution in [2.24, 2.45) is 0 Å². The lowest BCUT2D eigenvalue weighted by Crippen LogP contribution is -2.27. The zero-order valence-corrected chi connectivity index (χ0v) is 12.5. The summed E-state index contributed by atoms with van der Waals surface area (Å²) in [5, 5.41) is 2.75. The second-order valence-corrected chi connectivity index (χ2v) is 4.91. The predicted molar refractivity (Wildman–Crippen MR) is 77.5 cm³/mol. The zero-order valence-electron chi connectivity index (χ0n) is 12.5. The molecule has 118 valence electrons. The zero-order chi connectivity index (χ0) is 16.0. The van der Waals surface area contributed by atoms with Crippen molar-refractivity contribution in [3.05, 3.63) is 29.3 Å². The predicted octanol–water partition coefficient (Wildman–Crippen LogP) is 4.01. The van der Waals surface area contributed by atoms with Gasteiger partial charge in [0, 0.05) is 31.4 Å². The van der Waals surface area contributed by atoms with Crippen LogP contribution < -0.4 is 5.32 Å². The average molecular weight is 302 g/mol. The minimum absolute atomic E-state index is 0.0130. The molecule has 0 saturated heterocycles. The second-order valence-electron chi connectivity index (χ2n) is 4.91. The Morgan fingerprint density at radius 3 is 2.43 bits per heavy atom. The Morgan fingerprint density at radius 1 is 1.24 bits per heavy atom. The van der Waals surface area contributed by atoms with E-state index in [1.165, 1.54) is 17.0 Å². The number of amides is 1. The quantitative estimate of drug-likeness (QED) is 0.861. The maximum absolute atomic E-state index is 13.1. The summed E-state index contributed by atoms with van der Waals surface area (Å²) in [7, 11) is 1.59. The van der Waals surface area contributed by atoms with Crippen LogP contribution in [0.25, 0.3) is 0 Å². The Labute approximate surface area is 123 Å². The molecule has 0 spiro atoms. The second kappa shape index (κ2) is 7.33. The Hall–Kier alpha value is -1.72. The summed E-state index contributed by atoms with van der Waals surface area (Å²) in [6.45, 7) is 4.74. The lowest BCUT2D eigenvalue weighted by atomic mass is 10.1. The van der Waals surface area contributed by atoms with Crippen molar-refractivity contribution in [1.82, 2.24) is 4.90 Å². The summed E-state index contributed by atoms with van der Waals surface area (Å²) < 4.78 is 39.3. The molecule has 21 heavy (non-hydrogen) atoms. The van der Waals surface area contributed by atoms with Gasteiger partial charge in [0.15, 0.2) is 0 Å². The highest BCUT2D eigenvalue weighted by Gasteiger charge is 2.34. The van der Waals surface area contributed by atoms with Gasteiger partial charge < -0.3 is 10.2 Å². The number of carbonyl (C=O) groups excluding carboxylic acids is 1. The summed E-state index contributed by atoms with van der Waals surface area (Å²) in [6.07, 6.45) is -3.02. The molecule has 1 amide bonds. The van der Waals surface area contributed by atoms with Crippen LogP contribution >= 0.6 is 0 Å². The number of nitrogens with zero attached hydrogens (tertiary/aromatic N) is 1. The number of carbonyl (C=O) groups is 1. The summed E-state index contributed by atoms with van der Waals surface area (Å²) in [5.74, 6) is -0.399.